The zero-order chi connectivity index (χ0) is 17.8. The second-order valence-corrected chi connectivity index (χ2v) is 4.45. The van der Waals surface area contributed by atoms with Gasteiger partial charge in [0.25, 0.3) is 12.3 Å². The molecule has 0 radical (unpaired) electrons. The molecule has 7 heteroatoms. The van der Waals surface area contributed by atoms with E-state index >= 15 is 0 Å². The number of carbonyl (C=O) groups excluding carboxylic acids is 1. The third kappa shape index (κ3) is 6.59. The van der Waals surface area contributed by atoms with Crippen molar-refractivity contribution in [2.75, 3.05) is 13.7 Å². The Labute approximate surface area is 134 Å². The Hall–Kier alpha value is -2.23. The molecule has 1 aromatic rings. The maximum absolute atomic E-state index is 12.9. The second kappa shape index (κ2) is 11.4. The molecule has 0 heterocycles. The van der Waals surface area contributed by atoms with Crippen LogP contribution < -0.4 is 10.1 Å². The molecule has 0 aliphatic carbocycles. The van der Waals surface area contributed by atoms with E-state index < -0.39 is 12.5 Å². The number of hydrogen-bond donors (Lipinski definition) is 1. The van der Waals surface area contributed by atoms with Gasteiger partial charge in [0.05, 0.1) is 18.8 Å². The molecule has 128 valence electrons. The van der Waals surface area contributed by atoms with Crippen molar-refractivity contribution in [1.82, 2.24) is 5.32 Å². The summed E-state index contributed by atoms with van der Waals surface area (Å²) in [6.45, 7) is 4.16. The standard InChI is InChI=1S/C15H18F2N2O2.CH3F/c1-3-5-13(15(20)19-4-2)21-11-7-6-10(9-18)12(8-11)14(16)17;1-2/h6-8,13-14H,3-5H2,1-2H3,(H,19,20);1H3. The number of halogens is 3. The number of hydrogen-bond acceptors (Lipinski definition) is 3. The summed E-state index contributed by atoms with van der Waals surface area (Å²) in [6.07, 6.45) is -2.29. The number of alkyl halides is 3. The lowest BCUT2D eigenvalue weighted by Crippen LogP contribution is -2.38. The molecule has 0 aromatic heterocycles. The lowest BCUT2D eigenvalue weighted by Gasteiger charge is -2.18. The van der Waals surface area contributed by atoms with Crippen LogP contribution in [-0.2, 0) is 4.79 Å². The average molecular weight is 330 g/mol. The van der Waals surface area contributed by atoms with Crippen molar-refractivity contribution in [2.24, 2.45) is 0 Å². The molecule has 0 saturated heterocycles. The molecule has 0 fully saturated rings. The Kier molecular flexibility index (Phi) is 10.3. The fraction of sp³-hybridized carbons (Fsp3) is 0.500. The molecule has 23 heavy (non-hydrogen) atoms. The summed E-state index contributed by atoms with van der Waals surface area (Å²) < 4.78 is 40.8. The van der Waals surface area contributed by atoms with Crippen molar-refractivity contribution in [3.63, 3.8) is 0 Å². The first kappa shape index (κ1) is 20.8. The van der Waals surface area contributed by atoms with Crippen LogP contribution in [0.5, 0.6) is 5.75 Å². The van der Waals surface area contributed by atoms with Crippen LogP contribution in [0, 0.1) is 11.3 Å². The van der Waals surface area contributed by atoms with E-state index in [1.165, 1.54) is 12.1 Å². The van der Waals surface area contributed by atoms with Gasteiger partial charge in [0.2, 0.25) is 0 Å². The minimum Gasteiger partial charge on any atom is -0.481 e. The van der Waals surface area contributed by atoms with E-state index in [4.69, 9.17) is 10.00 Å². The lowest BCUT2D eigenvalue weighted by atomic mass is 10.1. The summed E-state index contributed by atoms with van der Waals surface area (Å²) in [5.74, 6) is -0.115. The van der Waals surface area contributed by atoms with Crippen molar-refractivity contribution in [2.45, 2.75) is 39.2 Å². The Balaban J connectivity index is 0.00000232. The number of amides is 1. The van der Waals surface area contributed by atoms with E-state index in [2.05, 4.69) is 5.32 Å². The predicted octanol–water partition coefficient (Wildman–Crippen LogP) is 3.77. The fourth-order valence-corrected chi connectivity index (χ4v) is 1.85. The van der Waals surface area contributed by atoms with Crippen LogP contribution in [0.3, 0.4) is 0 Å². The van der Waals surface area contributed by atoms with Crippen LogP contribution in [-0.4, -0.2) is 25.7 Å². The van der Waals surface area contributed by atoms with E-state index in [1.54, 1.807) is 13.0 Å². The van der Waals surface area contributed by atoms with Gasteiger partial charge in [-0.1, -0.05) is 13.3 Å². The molecule has 0 saturated carbocycles. The van der Waals surface area contributed by atoms with Crippen molar-refractivity contribution < 1.29 is 22.7 Å². The molecule has 1 atom stereocenters. The molecule has 0 aliphatic heterocycles. The Morgan fingerprint density at radius 1 is 1.35 bits per heavy atom. The van der Waals surface area contributed by atoms with Crippen LogP contribution in [0.2, 0.25) is 0 Å². The molecule has 1 unspecified atom stereocenters. The average Bonchev–Trinajstić information content (AvgIpc) is 2.56. The van der Waals surface area contributed by atoms with Crippen LogP contribution in [0.1, 0.15) is 44.2 Å². The molecule has 1 amide bonds. The highest BCUT2D eigenvalue weighted by Crippen LogP contribution is 2.27. The molecule has 0 spiro atoms. The number of rotatable bonds is 7. The highest BCUT2D eigenvalue weighted by atomic mass is 19.3. The summed E-state index contributed by atoms with van der Waals surface area (Å²) in [5.41, 5.74) is -0.483. The van der Waals surface area contributed by atoms with E-state index in [-0.39, 0.29) is 22.8 Å². The van der Waals surface area contributed by atoms with Gasteiger partial charge in [0.15, 0.2) is 6.10 Å². The third-order valence-electron chi connectivity index (χ3n) is 2.85. The number of nitrogens with zero attached hydrogens (tertiary/aromatic N) is 1. The van der Waals surface area contributed by atoms with Gasteiger partial charge in [0.1, 0.15) is 5.75 Å². The fourth-order valence-electron chi connectivity index (χ4n) is 1.85. The van der Waals surface area contributed by atoms with Gasteiger partial charge < -0.3 is 10.1 Å². The van der Waals surface area contributed by atoms with Gasteiger partial charge in [-0.3, -0.25) is 9.18 Å². The monoisotopic (exact) mass is 330 g/mol. The highest BCUT2D eigenvalue weighted by molar-refractivity contribution is 5.81. The molecule has 1 aromatic carbocycles. The van der Waals surface area contributed by atoms with Crippen molar-refractivity contribution in [3.8, 4) is 11.8 Å². The van der Waals surface area contributed by atoms with Crippen molar-refractivity contribution in [1.29, 1.82) is 5.26 Å². The second-order valence-electron chi connectivity index (χ2n) is 4.45. The van der Waals surface area contributed by atoms with Crippen LogP contribution in [0.25, 0.3) is 0 Å². The SMILES string of the molecule is CCCC(Oc1ccc(C#N)c(C(F)F)c1)C(=O)NCC.CF. The third-order valence-corrected chi connectivity index (χ3v) is 2.85. The maximum atomic E-state index is 12.9. The molecular weight excluding hydrogens is 309 g/mol. The summed E-state index contributed by atoms with van der Waals surface area (Å²) in [4.78, 5) is 11.8. The number of likely N-dealkylation sites (N-methyl/N-ethyl adjacent to an activating group) is 1. The molecule has 0 bridgehead atoms. The molecule has 1 N–H and O–H groups in total. The number of carbonyl (C=O) groups is 1. The van der Waals surface area contributed by atoms with Gasteiger partial charge in [-0.25, -0.2) is 8.78 Å². The summed E-state index contributed by atoms with van der Waals surface area (Å²) in [6, 6.07) is 5.53. The highest BCUT2D eigenvalue weighted by Gasteiger charge is 2.20. The van der Waals surface area contributed by atoms with Crippen LogP contribution in [0.4, 0.5) is 13.2 Å². The maximum Gasteiger partial charge on any atom is 0.265 e. The predicted molar refractivity (Wildman–Crippen MR) is 81.2 cm³/mol. The van der Waals surface area contributed by atoms with E-state index in [0.717, 1.165) is 12.5 Å². The normalized spacial score (nSPS) is 11.0. The Morgan fingerprint density at radius 3 is 2.48 bits per heavy atom. The molecule has 1 rings (SSSR count). The van der Waals surface area contributed by atoms with E-state index in [9.17, 15) is 18.0 Å². The van der Waals surface area contributed by atoms with Crippen molar-refractivity contribution in [3.05, 3.63) is 29.3 Å². The topological polar surface area (TPSA) is 62.1 Å². The number of ether oxygens (including phenoxy) is 1. The minimum absolute atomic E-state index is 0.0950. The van der Waals surface area contributed by atoms with Gasteiger partial charge in [0, 0.05) is 12.1 Å². The minimum atomic E-state index is -2.77. The first-order valence-corrected chi connectivity index (χ1v) is 7.17. The summed E-state index contributed by atoms with van der Waals surface area (Å²) in [5, 5.41) is 11.4. The van der Waals surface area contributed by atoms with Gasteiger partial charge in [-0.2, -0.15) is 5.26 Å². The molecule has 4 nitrogen and oxygen atoms in total. The zero-order valence-electron chi connectivity index (χ0n) is 13.4. The first-order valence-electron chi connectivity index (χ1n) is 7.17. The lowest BCUT2D eigenvalue weighted by molar-refractivity contribution is -0.128. The van der Waals surface area contributed by atoms with E-state index in [1.807, 2.05) is 6.92 Å². The smallest absolute Gasteiger partial charge is 0.265 e. The van der Waals surface area contributed by atoms with Crippen LogP contribution >= 0.6 is 0 Å². The number of nitrogens with one attached hydrogen (secondary N) is 1. The molecular formula is C16H21F3N2O2. The number of nitriles is 1. The van der Waals surface area contributed by atoms with Gasteiger partial charge in [-0.05, 0) is 31.5 Å². The van der Waals surface area contributed by atoms with Gasteiger partial charge in [-0.15, -0.1) is 0 Å². The summed E-state index contributed by atoms with van der Waals surface area (Å²) >= 11 is 0. The first-order chi connectivity index (χ1) is 11.0. The largest absolute Gasteiger partial charge is 0.481 e. The Morgan fingerprint density at radius 2 is 2.00 bits per heavy atom. The number of benzene rings is 1. The van der Waals surface area contributed by atoms with E-state index in [0.29, 0.717) is 20.1 Å². The van der Waals surface area contributed by atoms with Gasteiger partial charge >= 0.3 is 0 Å². The quantitative estimate of drug-likeness (QED) is 0.828. The van der Waals surface area contributed by atoms with Crippen LogP contribution in [0.15, 0.2) is 18.2 Å². The zero-order valence-corrected chi connectivity index (χ0v) is 13.4. The summed E-state index contributed by atoms with van der Waals surface area (Å²) in [7, 11) is 0.500. The Bertz CT molecular complexity index is 531. The molecule has 0 aliphatic rings. The van der Waals surface area contributed by atoms with Crippen molar-refractivity contribution >= 4 is 5.91 Å².